The van der Waals surface area contributed by atoms with Crippen LogP contribution in [-0.2, 0) is 16.7 Å². The molecule has 0 spiro atoms. The van der Waals surface area contributed by atoms with Crippen LogP contribution >= 0.6 is 15.9 Å². The van der Waals surface area contributed by atoms with Gasteiger partial charge in [0.05, 0.1) is 0 Å². The second-order valence-corrected chi connectivity index (χ2v) is 6.16. The third-order valence-corrected chi connectivity index (χ3v) is 4.87. The minimum atomic E-state index is 0.256. The fraction of sp³-hybridized carbons (Fsp3) is 0.533. The highest BCUT2D eigenvalue weighted by Gasteiger charge is 2.47. The Morgan fingerprint density at radius 3 is 2.67 bits per heavy atom. The molecule has 2 unspecified atom stereocenters. The molecule has 1 N–H and O–H groups in total. The average Bonchev–Trinajstić information content (AvgIpc) is 3.02. The number of benzene rings is 1. The number of hydrogen-bond acceptors (Lipinski definition) is 1. The quantitative estimate of drug-likeness (QED) is 0.850. The number of hydrogen-bond donors (Lipinski definition) is 1. The van der Waals surface area contributed by atoms with Crippen LogP contribution in [0.2, 0.25) is 0 Å². The fourth-order valence-electron chi connectivity index (χ4n) is 3.09. The Hall–Kier alpha value is -0.830. The molecule has 3 rings (SSSR count). The Kier molecular flexibility index (Phi) is 3.42. The minimum absolute atomic E-state index is 0.256. The van der Waals surface area contributed by atoms with Crippen LogP contribution in [0.15, 0.2) is 24.3 Å². The van der Waals surface area contributed by atoms with Gasteiger partial charge in [0, 0.05) is 17.8 Å². The zero-order valence-electron chi connectivity index (χ0n) is 10.4. The van der Waals surface area contributed by atoms with Crippen LogP contribution in [0, 0.1) is 17.8 Å². The van der Waals surface area contributed by atoms with Crippen molar-refractivity contribution in [2.45, 2.75) is 31.1 Å². The maximum Gasteiger partial charge on any atom is 0.223 e. The van der Waals surface area contributed by atoms with Crippen LogP contribution in [-0.4, -0.2) is 5.91 Å². The highest BCUT2D eigenvalue weighted by Crippen LogP contribution is 2.54. The van der Waals surface area contributed by atoms with E-state index in [-0.39, 0.29) is 11.8 Å². The first-order valence-corrected chi connectivity index (χ1v) is 7.80. The SMILES string of the molecule is O=C(NCc1cccc(CBr)c1)C1CC2CC2C1. The molecule has 0 bridgehead atoms. The maximum absolute atomic E-state index is 12.0. The summed E-state index contributed by atoms with van der Waals surface area (Å²) < 4.78 is 0. The number of amides is 1. The lowest BCUT2D eigenvalue weighted by Gasteiger charge is -2.12. The summed E-state index contributed by atoms with van der Waals surface area (Å²) in [6.45, 7) is 0.658. The van der Waals surface area contributed by atoms with Gasteiger partial charge in [-0.3, -0.25) is 4.79 Å². The smallest absolute Gasteiger partial charge is 0.223 e. The number of alkyl halides is 1. The van der Waals surface area contributed by atoms with Crippen LogP contribution < -0.4 is 5.32 Å². The second kappa shape index (κ2) is 5.04. The molecule has 0 radical (unpaired) electrons. The van der Waals surface area contributed by atoms with Crippen molar-refractivity contribution in [3.63, 3.8) is 0 Å². The summed E-state index contributed by atoms with van der Waals surface area (Å²) in [5.41, 5.74) is 2.44. The molecule has 1 aromatic rings. The van der Waals surface area contributed by atoms with E-state index in [1.807, 2.05) is 6.07 Å². The summed E-state index contributed by atoms with van der Waals surface area (Å²) in [6, 6.07) is 8.34. The van der Waals surface area contributed by atoms with Gasteiger partial charge < -0.3 is 5.32 Å². The van der Waals surface area contributed by atoms with Gasteiger partial charge in [0.1, 0.15) is 0 Å². The van der Waals surface area contributed by atoms with E-state index in [4.69, 9.17) is 0 Å². The zero-order valence-corrected chi connectivity index (χ0v) is 11.9. The van der Waals surface area contributed by atoms with E-state index in [2.05, 4.69) is 39.4 Å². The molecule has 2 fully saturated rings. The topological polar surface area (TPSA) is 29.1 Å². The molecule has 96 valence electrons. The third kappa shape index (κ3) is 2.61. The molecule has 3 heteroatoms. The van der Waals surface area contributed by atoms with Gasteiger partial charge in [0.25, 0.3) is 0 Å². The van der Waals surface area contributed by atoms with Gasteiger partial charge in [-0.1, -0.05) is 40.2 Å². The van der Waals surface area contributed by atoms with Gasteiger partial charge in [0.15, 0.2) is 0 Å². The van der Waals surface area contributed by atoms with Crippen LogP contribution in [0.25, 0.3) is 0 Å². The van der Waals surface area contributed by atoms with Crippen molar-refractivity contribution in [3.05, 3.63) is 35.4 Å². The van der Waals surface area contributed by atoms with Gasteiger partial charge in [0.2, 0.25) is 5.91 Å². The molecule has 0 aliphatic heterocycles. The van der Waals surface area contributed by atoms with E-state index in [1.54, 1.807) is 0 Å². The maximum atomic E-state index is 12.0. The lowest BCUT2D eigenvalue weighted by molar-refractivity contribution is -0.125. The number of rotatable bonds is 4. The summed E-state index contributed by atoms with van der Waals surface area (Å²) in [6.07, 6.45) is 3.62. The van der Waals surface area contributed by atoms with Crippen LogP contribution in [0.5, 0.6) is 0 Å². The number of carbonyl (C=O) groups is 1. The van der Waals surface area contributed by atoms with Crippen molar-refractivity contribution < 1.29 is 4.79 Å². The zero-order chi connectivity index (χ0) is 12.5. The largest absolute Gasteiger partial charge is 0.352 e. The van der Waals surface area contributed by atoms with E-state index < -0.39 is 0 Å². The molecule has 2 saturated carbocycles. The average molecular weight is 308 g/mol. The number of halogens is 1. The van der Waals surface area contributed by atoms with E-state index in [0.29, 0.717) is 6.54 Å². The molecular formula is C15H18BrNO. The van der Waals surface area contributed by atoms with E-state index >= 15 is 0 Å². The Labute approximate surface area is 116 Å². The highest BCUT2D eigenvalue weighted by molar-refractivity contribution is 9.08. The molecule has 0 saturated heterocycles. The van der Waals surface area contributed by atoms with Crippen molar-refractivity contribution in [3.8, 4) is 0 Å². The van der Waals surface area contributed by atoms with E-state index in [0.717, 1.165) is 30.0 Å². The van der Waals surface area contributed by atoms with Gasteiger partial charge in [-0.2, -0.15) is 0 Å². The van der Waals surface area contributed by atoms with Crippen molar-refractivity contribution in [2.24, 2.45) is 17.8 Å². The molecular weight excluding hydrogens is 290 g/mol. The fourth-order valence-corrected chi connectivity index (χ4v) is 3.43. The standard InChI is InChI=1S/C15H18BrNO/c16-8-10-2-1-3-11(4-10)9-17-15(18)14-6-12-5-13(12)7-14/h1-4,12-14H,5-9H2,(H,17,18). The predicted molar refractivity (Wildman–Crippen MR) is 75.2 cm³/mol. The predicted octanol–water partition coefficient (Wildman–Crippen LogP) is 3.24. The summed E-state index contributed by atoms with van der Waals surface area (Å²) in [4.78, 5) is 12.0. The molecule has 0 heterocycles. The first kappa shape index (κ1) is 12.2. The number of carbonyl (C=O) groups excluding carboxylic acids is 1. The van der Waals surface area contributed by atoms with Crippen molar-refractivity contribution in [1.29, 1.82) is 0 Å². The summed E-state index contributed by atoms with van der Waals surface area (Å²) >= 11 is 3.45. The molecule has 18 heavy (non-hydrogen) atoms. The van der Waals surface area contributed by atoms with Crippen LogP contribution in [0.4, 0.5) is 0 Å². The van der Waals surface area contributed by atoms with Crippen LogP contribution in [0.3, 0.4) is 0 Å². The normalized spacial score (nSPS) is 28.8. The van der Waals surface area contributed by atoms with Crippen LogP contribution in [0.1, 0.15) is 30.4 Å². The molecule has 1 aromatic carbocycles. The number of nitrogens with one attached hydrogen (secondary N) is 1. The molecule has 1 amide bonds. The molecule has 2 nitrogen and oxygen atoms in total. The Balaban J connectivity index is 1.52. The first-order valence-electron chi connectivity index (χ1n) is 6.67. The monoisotopic (exact) mass is 307 g/mol. The van der Waals surface area contributed by atoms with Gasteiger partial charge in [-0.25, -0.2) is 0 Å². The third-order valence-electron chi connectivity index (χ3n) is 4.23. The molecule has 0 aromatic heterocycles. The molecule has 2 atom stereocenters. The minimum Gasteiger partial charge on any atom is -0.352 e. The second-order valence-electron chi connectivity index (χ2n) is 5.60. The Morgan fingerprint density at radius 2 is 1.94 bits per heavy atom. The lowest BCUT2D eigenvalue weighted by Crippen LogP contribution is -2.29. The van der Waals surface area contributed by atoms with Crippen molar-refractivity contribution in [1.82, 2.24) is 5.32 Å². The molecule has 2 aliphatic carbocycles. The number of fused-ring (bicyclic) bond motifs is 1. The van der Waals surface area contributed by atoms with E-state index in [1.165, 1.54) is 17.5 Å². The lowest BCUT2D eigenvalue weighted by atomic mass is 10.0. The summed E-state index contributed by atoms with van der Waals surface area (Å²) in [5, 5.41) is 3.94. The van der Waals surface area contributed by atoms with Gasteiger partial charge >= 0.3 is 0 Å². The Morgan fingerprint density at radius 1 is 1.22 bits per heavy atom. The Bertz CT molecular complexity index is 450. The van der Waals surface area contributed by atoms with Crippen molar-refractivity contribution >= 4 is 21.8 Å². The summed E-state index contributed by atoms with van der Waals surface area (Å²) in [5.74, 6) is 2.29. The highest BCUT2D eigenvalue weighted by atomic mass is 79.9. The first-order chi connectivity index (χ1) is 8.76. The summed E-state index contributed by atoms with van der Waals surface area (Å²) in [7, 11) is 0. The van der Waals surface area contributed by atoms with Gasteiger partial charge in [-0.05, 0) is 42.2 Å². The van der Waals surface area contributed by atoms with Gasteiger partial charge in [-0.15, -0.1) is 0 Å². The van der Waals surface area contributed by atoms with Crippen molar-refractivity contribution in [2.75, 3.05) is 0 Å². The molecule has 2 aliphatic rings. The van der Waals surface area contributed by atoms with E-state index in [9.17, 15) is 4.79 Å².